The third-order valence-corrected chi connectivity index (χ3v) is 2.28. The van der Waals surface area contributed by atoms with Gasteiger partial charge in [0.1, 0.15) is 12.6 Å². The van der Waals surface area contributed by atoms with Crippen LogP contribution < -0.4 is 10.8 Å². The van der Waals surface area contributed by atoms with Crippen molar-refractivity contribution in [2.45, 2.75) is 12.5 Å². The number of benzene rings is 1. The standard InChI is InChI=1S/C11H12N2O3/c14-10(6-8-4-2-1-3-5-8)12-9-7-16-13-11(9)15/h1-5,9H,6-7H2,(H,12,14)(H,13,15)/t9-/m1/s1. The molecular weight excluding hydrogens is 208 g/mol. The zero-order valence-corrected chi connectivity index (χ0v) is 8.60. The van der Waals surface area contributed by atoms with Crippen LogP contribution in [-0.4, -0.2) is 24.5 Å². The van der Waals surface area contributed by atoms with Crippen LogP contribution in [0.2, 0.25) is 0 Å². The number of amides is 2. The van der Waals surface area contributed by atoms with Gasteiger partial charge in [-0.3, -0.25) is 14.4 Å². The molecule has 0 bridgehead atoms. The van der Waals surface area contributed by atoms with Gasteiger partial charge < -0.3 is 5.32 Å². The summed E-state index contributed by atoms with van der Waals surface area (Å²) in [4.78, 5) is 27.4. The van der Waals surface area contributed by atoms with Gasteiger partial charge >= 0.3 is 0 Å². The molecule has 2 N–H and O–H groups in total. The maximum absolute atomic E-state index is 11.6. The molecule has 1 atom stereocenters. The fourth-order valence-corrected chi connectivity index (χ4v) is 1.48. The van der Waals surface area contributed by atoms with Crippen LogP contribution in [0.3, 0.4) is 0 Å². The minimum absolute atomic E-state index is 0.180. The van der Waals surface area contributed by atoms with Gasteiger partial charge in [0.15, 0.2) is 0 Å². The van der Waals surface area contributed by atoms with E-state index in [-0.39, 0.29) is 24.8 Å². The molecule has 5 heteroatoms. The maximum atomic E-state index is 11.6. The number of hydroxylamine groups is 1. The average Bonchev–Trinajstić information content (AvgIpc) is 2.66. The van der Waals surface area contributed by atoms with Crippen molar-refractivity contribution >= 4 is 11.8 Å². The van der Waals surface area contributed by atoms with Crippen LogP contribution in [0.15, 0.2) is 30.3 Å². The third kappa shape index (κ3) is 2.58. The number of carbonyl (C=O) groups is 2. The van der Waals surface area contributed by atoms with Gasteiger partial charge in [-0.15, -0.1) is 0 Å². The minimum atomic E-state index is -0.573. The Hall–Kier alpha value is -1.88. The van der Waals surface area contributed by atoms with Gasteiger partial charge in [-0.05, 0) is 5.56 Å². The molecule has 0 aliphatic carbocycles. The zero-order valence-electron chi connectivity index (χ0n) is 8.60. The SMILES string of the molecule is O=C(Cc1ccccc1)N[C@@H]1CONC1=O. The Bertz CT molecular complexity index is 391. The molecular formula is C11H12N2O3. The van der Waals surface area contributed by atoms with Crippen LogP contribution in [0, 0.1) is 0 Å². The highest BCUT2D eigenvalue weighted by atomic mass is 16.7. The number of hydrogen-bond donors (Lipinski definition) is 2. The highest BCUT2D eigenvalue weighted by Crippen LogP contribution is 2.00. The van der Waals surface area contributed by atoms with E-state index in [1.165, 1.54) is 0 Å². The van der Waals surface area contributed by atoms with Crippen molar-refractivity contribution in [3.8, 4) is 0 Å². The number of rotatable bonds is 3. The smallest absolute Gasteiger partial charge is 0.268 e. The highest BCUT2D eigenvalue weighted by molar-refractivity contribution is 5.88. The Balaban J connectivity index is 1.87. The zero-order chi connectivity index (χ0) is 11.4. The first kappa shape index (κ1) is 10.6. The van der Waals surface area contributed by atoms with Gasteiger partial charge in [0.05, 0.1) is 6.42 Å². The topological polar surface area (TPSA) is 67.4 Å². The molecule has 5 nitrogen and oxygen atoms in total. The quantitative estimate of drug-likeness (QED) is 0.739. The van der Waals surface area contributed by atoms with Crippen molar-refractivity contribution in [1.82, 2.24) is 10.8 Å². The molecule has 1 fully saturated rings. The van der Waals surface area contributed by atoms with E-state index in [9.17, 15) is 9.59 Å². The summed E-state index contributed by atoms with van der Waals surface area (Å²) in [6.45, 7) is 0.180. The van der Waals surface area contributed by atoms with Crippen molar-refractivity contribution in [2.24, 2.45) is 0 Å². The van der Waals surface area contributed by atoms with Crippen LogP contribution in [0.25, 0.3) is 0 Å². The molecule has 0 radical (unpaired) electrons. The van der Waals surface area contributed by atoms with E-state index in [1.807, 2.05) is 30.3 Å². The van der Waals surface area contributed by atoms with E-state index in [0.29, 0.717) is 0 Å². The van der Waals surface area contributed by atoms with E-state index < -0.39 is 6.04 Å². The molecule has 1 aromatic carbocycles. The van der Waals surface area contributed by atoms with Crippen molar-refractivity contribution in [2.75, 3.05) is 6.61 Å². The van der Waals surface area contributed by atoms with Gasteiger partial charge in [0, 0.05) is 0 Å². The molecule has 84 valence electrons. The Morgan fingerprint density at radius 2 is 2.19 bits per heavy atom. The lowest BCUT2D eigenvalue weighted by Crippen LogP contribution is -2.42. The van der Waals surface area contributed by atoms with Crippen molar-refractivity contribution < 1.29 is 14.4 Å². The normalized spacial score (nSPS) is 19.2. The van der Waals surface area contributed by atoms with Gasteiger partial charge in [0.2, 0.25) is 5.91 Å². The van der Waals surface area contributed by atoms with Gasteiger partial charge in [-0.2, -0.15) is 0 Å². The Morgan fingerprint density at radius 1 is 1.44 bits per heavy atom. The molecule has 1 heterocycles. The Labute approximate surface area is 92.7 Å². The number of carbonyl (C=O) groups excluding carboxylic acids is 2. The van der Waals surface area contributed by atoms with Crippen LogP contribution in [0.1, 0.15) is 5.56 Å². The van der Waals surface area contributed by atoms with Crippen LogP contribution >= 0.6 is 0 Å². The summed E-state index contributed by atoms with van der Waals surface area (Å²) < 4.78 is 0. The minimum Gasteiger partial charge on any atom is -0.342 e. The van der Waals surface area contributed by atoms with Crippen LogP contribution in [0.5, 0.6) is 0 Å². The van der Waals surface area contributed by atoms with Crippen molar-refractivity contribution in [3.63, 3.8) is 0 Å². The van der Waals surface area contributed by atoms with E-state index in [4.69, 9.17) is 4.84 Å². The summed E-state index contributed by atoms with van der Waals surface area (Å²) in [5, 5.41) is 2.60. The average molecular weight is 220 g/mol. The first-order valence-electron chi connectivity index (χ1n) is 5.00. The molecule has 0 saturated carbocycles. The molecule has 1 aromatic rings. The third-order valence-electron chi connectivity index (χ3n) is 2.28. The molecule has 2 amide bonds. The van der Waals surface area contributed by atoms with Crippen LogP contribution in [-0.2, 0) is 20.8 Å². The summed E-state index contributed by atoms with van der Waals surface area (Å²) in [5.74, 6) is -0.488. The maximum Gasteiger partial charge on any atom is 0.268 e. The fourth-order valence-electron chi connectivity index (χ4n) is 1.48. The Morgan fingerprint density at radius 3 is 2.81 bits per heavy atom. The molecule has 0 spiro atoms. The van der Waals surface area contributed by atoms with Gasteiger partial charge in [0.25, 0.3) is 5.91 Å². The first-order chi connectivity index (χ1) is 7.75. The van der Waals surface area contributed by atoms with Crippen LogP contribution in [0.4, 0.5) is 0 Å². The van der Waals surface area contributed by atoms with E-state index in [0.717, 1.165) is 5.56 Å². The molecule has 2 rings (SSSR count). The lowest BCUT2D eigenvalue weighted by atomic mass is 10.1. The predicted octanol–water partition coefficient (Wildman–Crippen LogP) is -0.225. The number of nitrogens with one attached hydrogen (secondary N) is 2. The monoisotopic (exact) mass is 220 g/mol. The fraction of sp³-hybridized carbons (Fsp3) is 0.273. The highest BCUT2D eigenvalue weighted by Gasteiger charge is 2.26. The molecule has 0 aromatic heterocycles. The number of hydrogen-bond acceptors (Lipinski definition) is 3. The van der Waals surface area contributed by atoms with E-state index in [1.54, 1.807) is 0 Å². The molecule has 0 unspecified atom stereocenters. The Kier molecular flexibility index (Phi) is 3.16. The second kappa shape index (κ2) is 4.76. The van der Waals surface area contributed by atoms with Gasteiger partial charge in [-0.1, -0.05) is 30.3 Å². The first-order valence-corrected chi connectivity index (χ1v) is 5.00. The van der Waals surface area contributed by atoms with E-state index >= 15 is 0 Å². The molecule has 16 heavy (non-hydrogen) atoms. The lowest BCUT2D eigenvalue weighted by Gasteiger charge is -2.08. The molecule has 1 saturated heterocycles. The second-order valence-corrected chi connectivity index (χ2v) is 3.56. The van der Waals surface area contributed by atoms with E-state index in [2.05, 4.69) is 10.8 Å². The summed E-state index contributed by atoms with van der Waals surface area (Å²) >= 11 is 0. The summed E-state index contributed by atoms with van der Waals surface area (Å²) in [6.07, 6.45) is 0.268. The summed E-state index contributed by atoms with van der Waals surface area (Å²) in [6, 6.07) is 8.79. The second-order valence-electron chi connectivity index (χ2n) is 3.56. The largest absolute Gasteiger partial charge is 0.342 e. The van der Waals surface area contributed by atoms with Crippen molar-refractivity contribution in [1.29, 1.82) is 0 Å². The predicted molar refractivity (Wildman–Crippen MR) is 56.2 cm³/mol. The summed E-state index contributed by atoms with van der Waals surface area (Å²) in [7, 11) is 0. The molecule has 1 aliphatic heterocycles. The van der Waals surface area contributed by atoms with Crippen molar-refractivity contribution in [3.05, 3.63) is 35.9 Å². The molecule has 1 aliphatic rings. The van der Waals surface area contributed by atoms with Gasteiger partial charge in [-0.25, -0.2) is 5.48 Å². The summed E-state index contributed by atoms with van der Waals surface area (Å²) in [5.41, 5.74) is 3.10. The lowest BCUT2D eigenvalue weighted by molar-refractivity contribution is -0.128.